The molecule has 0 radical (unpaired) electrons. The lowest BCUT2D eigenvalue weighted by molar-refractivity contribution is 1.08. The van der Waals surface area contributed by atoms with Crippen molar-refractivity contribution in [3.8, 4) is 0 Å². The number of anilines is 2. The van der Waals surface area contributed by atoms with E-state index in [-0.39, 0.29) is 0 Å². The first kappa shape index (κ1) is 11.9. The van der Waals surface area contributed by atoms with Gasteiger partial charge >= 0.3 is 0 Å². The highest BCUT2D eigenvalue weighted by Gasteiger charge is 2.07. The minimum Gasteiger partial charge on any atom is -0.396 e. The van der Waals surface area contributed by atoms with Crippen molar-refractivity contribution >= 4 is 33.6 Å². The summed E-state index contributed by atoms with van der Waals surface area (Å²) in [6.45, 7) is 2.67. The number of thiazole rings is 1. The standard InChI is InChI=1S/C14H14N4S/c1-9-8-19-13(18-9)7-17-14-10-4-2-3-5-12(10)16-6-11(14)15/h2-6,8H,7,15H2,1H3,(H,16,17). The van der Waals surface area contributed by atoms with Crippen LogP contribution in [0.5, 0.6) is 0 Å². The Morgan fingerprint density at radius 1 is 1.32 bits per heavy atom. The fraction of sp³-hybridized carbons (Fsp3) is 0.143. The summed E-state index contributed by atoms with van der Waals surface area (Å²) in [7, 11) is 0. The third-order valence-corrected chi connectivity index (χ3v) is 3.85. The zero-order chi connectivity index (χ0) is 13.2. The lowest BCUT2D eigenvalue weighted by Gasteiger charge is -2.10. The molecule has 3 aromatic rings. The van der Waals surface area contributed by atoms with E-state index in [0.717, 1.165) is 27.3 Å². The fourth-order valence-corrected chi connectivity index (χ4v) is 2.71. The number of aromatic nitrogens is 2. The Bertz CT molecular complexity index is 720. The molecule has 4 nitrogen and oxygen atoms in total. The average molecular weight is 270 g/mol. The summed E-state index contributed by atoms with van der Waals surface area (Å²) in [4.78, 5) is 8.76. The summed E-state index contributed by atoms with van der Waals surface area (Å²) in [5.41, 5.74) is 9.59. The molecule has 3 N–H and O–H groups in total. The van der Waals surface area contributed by atoms with Crippen LogP contribution >= 0.6 is 11.3 Å². The van der Waals surface area contributed by atoms with Crippen molar-refractivity contribution in [2.24, 2.45) is 0 Å². The third kappa shape index (κ3) is 2.37. The van der Waals surface area contributed by atoms with Crippen LogP contribution in [0.1, 0.15) is 10.7 Å². The summed E-state index contributed by atoms with van der Waals surface area (Å²) in [6, 6.07) is 7.96. The second kappa shape index (κ2) is 4.85. The summed E-state index contributed by atoms with van der Waals surface area (Å²) in [5.74, 6) is 0. The van der Waals surface area contributed by atoms with Crippen LogP contribution in [0.15, 0.2) is 35.8 Å². The lowest BCUT2D eigenvalue weighted by atomic mass is 10.1. The molecule has 2 heterocycles. The van der Waals surface area contributed by atoms with Crippen LogP contribution in [0.2, 0.25) is 0 Å². The minimum atomic E-state index is 0.659. The van der Waals surface area contributed by atoms with Gasteiger partial charge in [0.25, 0.3) is 0 Å². The normalized spacial score (nSPS) is 10.8. The van der Waals surface area contributed by atoms with E-state index in [0.29, 0.717) is 12.2 Å². The molecule has 3 rings (SSSR count). The molecule has 5 heteroatoms. The molecule has 2 aromatic heterocycles. The summed E-state index contributed by atoms with van der Waals surface area (Å²) >= 11 is 1.65. The van der Waals surface area contributed by atoms with Gasteiger partial charge in [0.05, 0.1) is 29.6 Å². The van der Waals surface area contributed by atoms with Gasteiger partial charge in [-0.05, 0) is 13.0 Å². The van der Waals surface area contributed by atoms with Gasteiger partial charge in [-0.3, -0.25) is 4.98 Å². The monoisotopic (exact) mass is 270 g/mol. The van der Waals surface area contributed by atoms with Crippen LogP contribution in [-0.2, 0) is 6.54 Å². The molecule has 0 aliphatic rings. The van der Waals surface area contributed by atoms with E-state index in [4.69, 9.17) is 5.73 Å². The van der Waals surface area contributed by atoms with Crippen LogP contribution in [-0.4, -0.2) is 9.97 Å². The van der Waals surface area contributed by atoms with E-state index in [1.807, 2.05) is 36.6 Å². The van der Waals surface area contributed by atoms with Gasteiger partial charge in [0.2, 0.25) is 0 Å². The van der Waals surface area contributed by atoms with Gasteiger partial charge in [-0.2, -0.15) is 0 Å². The van der Waals surface area contributed by atoms with Crippen molar-refractivity contribution < 1.29 is 0 Å². The number of rotatable bonds is 3. The molecule has 0 saturated heterocycles. The molecule has 0 bridgehead atoms. The van der Waals surface area contributed by atoms with Crippen molar-refractivity contribution in [1.82, 2.24) is 9.97 Å². The van der Waals surface area contributed by atoms with Crippen molar-refractivity contribution in [2.75, 3.05) is 11.1 Å². The maximum atomic E-state index is 6.01. The molecular formula is C14H14N4S. The number of nitrogens with one attached hydrogen (secondary N) is 1. The van der Waals surface area contributed by atoms with Crippen LogP contribution in [0, 0.1) is 6.92 Å². The van der Waals surface area contributed by atoms with Crippen LogP contribution in [0.25, 0.3) is 10.9 Å². The highest BCUT2D eigenvalue weighted by Crippen LogP contribution is 2.28. The average Bonchev–Trinajstić information content (AvgIpc) is 2.83. The SMILES string of the molecule is Cc1csc(CNc2c(N)cnc3ccccc23)n1. The Morgan fingerprint density at radius 3 is 2.95 bits per heavy atom. The maximum absolute atomic E-state index is 6.01. The van der Waals surface area contributed by atoms with E-state index in [1.54, 1.807) is 17.5 Å². The van der Waals surface area contributed by atoms with E-state index in [9.17, 15) is 0 Å². The largest absolute Gasteiger partial charge is 0.396 e. The zero-order valence-corrected chi connectivity index (χ0v) is 11.4. The molecule has 19 heavy (non-hydrogen) atoms. The maximum Gasteiger partial charge on any atom is 0.112 e. The summed E-state index contributed by atoms with van der Waals surface area (Å²) < 4.78 is 0. The predicted molar refractivity (Wildman–Crippen MR) is 80.3 cm³/mol. The van der Waals surface area contributed by atoms with E-state index in [1.165, 1.54) is 0 Å². The first-order chi connectivity index (χ1) is 9.24. The first-order valence-electron chi connectivity index (χ1n) is 6.02. The second-order valence-corrected chi connectivity index (χ2v) is 5.28. The number of pyridine rings is 1. The van der Waals surface area contributed by atoms with Gasteiger partial charge in [0.15, 0.2) is 0 Å². The molecule has 0 spiro atoms. The van der Waals surface area contributed by atoms with Gasteiger partial charge in [-0.15, -0.1) is 11.3 Å². The fourth-order valence-electron chi connectivity index (χ4n) is 2.00. The van der Waals surface area contributed by atoms with Crippen LogP contribution in [0.3, 0.4) is 0 Å². The van der Waals surface area contributed by atoms with Gasteiger partial charge in [0, 0.05) is 16.5 Å². The number of hydrogen-bond donors (Lipinski definition) is 2. The van der Waals surface area contributed by atoms with Crippen LogP contribution < -0.4 is 11.1 Å². The predicted octanol–water partition coefficient (Wildman–Crippen LogP) is 3.19. The summed E-state index contributed by atoms with van der Waals surface area (Å²) in [6.07, 6.45) is 1.69. The molecule has 1 aromatic carbocycles. The molecule has 0 fully saturated rings. The number of nitrogen functional groups attached to an aromatic ring is 1. The Labute approximate surface area is 115 Å². The number of nitrogens with two attached hydrogens (primary N) is 1. The Balaban J connectivity index is 1.93. The zero-order valence-electron chi connectivity index (χ0n) is 10.6. The quantitative estimate of drug-likeness (QED) is 0.767. The number of benzene rings is 1. The number of nitrogens with zero attached hydrogens (tertiary/aromatic N) is 2. The number of fused-ring (bicyclic) bond motifs is 1. The van der Waals surface area contributed by atoms with E-state index < -0.39 is 0 Å². The van der Waals surface area contributed by atoms with Gasteiger partial charge in [-0.25, -0.2) is 4.98 Å². The molecule has 0 aliphatic heterocycles. The number of hydrogen-bond acceptors (Lipinski definition) is 5. The Hall–Kier alpha value is -2.14. The molecule has 0 unspecified atom stereocenters. The molecule has 96 valence electrons. The topological polar surface area (TPSA) is 63.8 Å². The van der Waals surface area contributed by atoms with Crippen molar-refractivity contribution in [3.63, 3.8) is 0 Å². The van der Waals surface area contributed by atoms with E-state index in [2.05, 4.69) is 15.3 Å². The number of aryl methyl sites for hydroxylation is 1. The Kier molecular flexibility index (Phi) is 3.05. The second-order valence-electron chi connectivity index (χ2n) is 4.34. The minimum absolute atomic E-state index is 0.659. The summed E-state index contributed by atoms with van der Waals surface area (Å²) in [5, 5.41) is 7.51. The van der Waals surface area contributed by atoms with Crippen molar-refractivity contribution in [3.05, 3.63) is 46.5 Å². The lowest BCUT2D eigenvalue weighted by Crippen LogP contribution is -2.03. The molecule has 0 saturated carbocycles. The van der Waals surface area contributed by atoms with Crippen molar-refractivity contribution in [2.45, 2.75) is 13.5 Å². The van der Waals surface area contributed by atoms with Crippen molar-refractivity contribution in [1.29, 1.82) is 0 Å². The third-order valence-electron chi connectivity index (χ3n) is 2.89. The van der Waals surface area contributed by atoms with Gasteiger partial charge in [-0.1, -0.05) is 18.2 Å². The highest BCUT2D eigenvalue weighted by molar-refractivity contribution is 7.09. The molecular weight excluding hydrogens is 256 g/mol. The molecule has 0 atom stereocenters. The number of para-hydroxylation sites is 1. The highest BCUT2D eigenvalue weighted by atomic mass is 32.1. The Morgan fingerprint density at radius 2 is 2.16 bits per heavy atom. The smallest absolute Gasteiger partial charge is 0.112 e. The van der Waals surface area contributed by atoms with Gasteiger partial charge < -0.3 is 11.1 Å². The van der Waals surface area contributed by atoms with Crippen LogP contribution in [0.4, 0.5) is 11.4 Å². The van der Waals surface area contributed by atoms with E-state index >= 15 is 0 Å². The first-order valence-corrected chi connectivity index (χ1v) is 6.90. The molecule has 0 aliphatic carbocycles. The van der Waals surface area contributed by atoms with Gasteiger partial charge in [0.1, 0.15) is 5.01 Å². The molecule has 0 amide bonds.